The number of ether oxygens (including phenoxy) is 2. The van der Waals surface area contributed by atoms with Crippen molar-refractivity contribution in [1.29, 1.82) is 0 Å². The number of hydrogen-bond donors (Lipinski definition) is 1. The quantitative estimate of drug-likeness (QED) is 0.636. The molecular formula is C20H21F2N5O3. The van der Waals surface area contributed by atoms with Gasteiger partial charge in [-0.05, 0) is 37.5 Å². The number of alkyl halides is 2. The summed E-state index contributed by atoms with van der Waals surface area (Å²) in [6, 6.07) is 3.58. The molecule has 1 aliphatic heterocycles. The smallest absolute Gasteiger partial charge is 0.272 e. The van der Waals surface area contributed by atoms with E-state index in [1.165, 1.54) is 0 Å². The minimum Gasteiger partial charge on any atom is -0.471 e. The van der Waals surface area contributed by atoms with Gasteiger partial charge in [-0.3, -0.25) is 9.48 Å². The summed E-state index contributed by atoms with van der Waals surface area (Å²) in [4.78, 5) is 20.7. The molecule has 0 radical (unpaired) electrons. The second-order valence-electron chi connectivity index (χ2n) is 7.08. The predicted octanol–water partition coefficient (Wildman–Crippen LogP) is 2.94. The monoisotopic (exact) mass is 417 g/mol. The molecule has 0 saturated carbocycles. The maximum atomic E-state index is 12.4. The molecule has 8 nitrogen and oxygen atoms in total. The standard InChI is InChI=1S/C20H21F2N5O3/c1-12-7-13(8-24-20(12)30-11-17(21)22)9-27-10-14-15(26-27)4-5-23-18(14)25-19(28)16-3-2-6-29-16/h4-5,7-8,10,16-17H,2-3,6,9,11H2,1H3,(H,23,25,28)/t16-/m0/s1. The van der Waals surface area contributed by atoms with E-state index in [1.54, 1.807) is 36.3 Å². The van der Waals surface area contributed by atoms with Crippen LogP contribution in [0.15, 0.2) is 30.7 Å². The Morgan fingerprint density at radius 2 is 2.30 bits per heavy atom. The summed E-state index contributed by atoms with van der Waals surface area (Å²) in [5, 5.41) is 8.06. The zero-order chi connectivity index (χ0) is 21.1. The molecule has 3 aromatic heterocycles. The molecule has 0 bridgehead atoms. The zero-order valence-corrected chi connectivity index (χ0v) is 16.3. The van der Waals surface area contributed by atoms with E-state index >= 15 is 0 Å². The largest absolute Gasteiger partial charge is 0.471 e. The molecule has 1 fully saturated rings. The molecule has 4 heterocycles. The van der Waals surface area contributed by atoms with Crippen LogP contribution in [0.2, 0.25) is 0 Å². The second-order valence-corrected chi connectivity index (χ2v) is 7.08. The number of nitrogens with zero attached hydrogens (tertiary/aromatic N) is 4. The fourth-order valence-electron chi connectivity index (χ4n) is 3.34. The SMILES string of the molecule is Cc1cc(Cn2cc3c(NC(=O)[C@@H]4CCCO4)nccc3n2)cnc1OCC(F)F. The van der Waals surface area contributed by atoms with Gasteiger partial charge in [-0.2, -0.15) is 5.10 Å². The number of halogens is 2. The first-order valence-corrected chi connectivity index (χ1v) is 9.60. The Hall–Kier alpha value is -3.14. The average molecular weight is 417 g/mol. The maximum absolute atomic E-state index is 12.4. The number of carbonyl (C=O) groups excluding carboxylic acids is 1. The van der Waals surface area contributed by atoms with E-state index in [2.05, 4.69) is 20.4 Å². The normalized spacial score (nSPS) is 16.3. The Labute approximate surface area is 171 Å². The van der Waals surface area contributed by atoms with Crippen molar-refractivity contribution in [3.8, 4) is 5.88 Å². The van der Waals surface area contributed by atoms with Crippen LogP contribution in [0.25, 0.3) is 10.9 Å². The fourth-order valence-corrected chi connectivity index (χ4v) is 3.34. The first-order valence-electron chi connectivity index (χ1n) is 9.60. The molecule has 3 aromatic rings. The number of aryl methyl sites for hydroxylation is 1. The number of pyridine rings is 2. The van der Waals surface area contributed by atoms with Crippen molar-refractivity contribution in [1.82, 2.24) is 19.7 Å². The molecule has 158 valence electrons. The van der Waals surface area contributed by atoms with Gasteiger partial charge < -0.3 is 14.8 Å². The van der Waals surface area contributed by atoms with E-state index in [4.69, 9.17) is 9.47 Å². The van der Waals surface area contributed by atoms with E-state index < -0.39 is 19.1 Å². The Morgan fingerprint density at radius 3 is 3.03 bits per heavy atom. The highest BCUT2D eigenvalue weighted by Gasteiger charge is 2.24. The van der Waals surface area contributed by atoms with Crippen molar-refractivity contribution in [2.24, 2.45) is 0 Å². The lowest BCUT2D eigenvalue weighted by Crippen LogP contribution is -2.27. The molecule has 1 aliphatic rings. The van der Waals surface area contributed by atoms with Gasteiger partial charge in [0.25, 0.3) is 12.3 Å². The topological polar surface area (TPSA) is 91.2 Å². The van der Waals surface area contributed by atoms with Gasteiger partial charge in [0.05, 0.1) is 17.4 Å². The number of fused-ring (bicyclic) bond motifs is 1. The molecule has 0 aliphatic carbocycles. The number of aromatic nitrogens is 4. The van der Waals surface area contributed by atoms with Crippen molar-refractivity contribution in [2.75, 3.05) is 18.5 Å². The van der Waals surface area contributed by atoms with Gasteiger partial charge in [-0.15, -0.1) is 0 Å². The fraction of sp³-hybridized carbons (Fsp3) is 0.400. The molecule has 0 aromatic carbocycles. The number of hydrogen-bond acceptors (Lipinski definition) is 6. The van der Waals surface area contributed by atoms with E-state index in [-0.39, 0.29) is 11.8 Å². The van der Waals surface area contributed by atoms with Gasteiger partial charge in [0.15, 0.2) is 6.61 Å². The van der Waals surface area contributed by atoms with Crippen LogP contribution in [0.1, 0.15) is 24.0 Å². The molecule has 0 spiro atoms. The number of carbonyl (C=O) groups is 1. The van der Waals surface area contributed by atoms with Crippen molar-refractivity contribution < 1.29 is 23.0 Å². The average Bonchev–Trinajstić information content (AvgIpc) is 3.37. The van der Waals surface area contributed by atoms with E-state index in [1.807, 2.05) is 6.07 Å². The van der Waals surface area contributed by atoms with Crippen molar-refractivity contribution >= 4 is 22.6 Å². The zero-order valence-electron chi connectivity index (χ0n) is 16.3. The van der Waals surface area contributed by atoms with Gasteiger partial charge in [0.1, 0.15) is 11.9 Å². The van der Waals surface area contributed by atoms with Crippen LogP contribution in [0.4, 0.5) is 14.6 Å². The lowest BCUT2D eigenvalue weighted by atomic mass is 10.2. The van der Waals surface area contributed by atoms with Crippen LogP contribution in [0.3, 0.4) is 0 Å². The van der Waals surface area contributed by atoms with Crippen LogP contribution in [0.5, 0.6) is 5.88 Å². The van der Waals surface area contributed by atoms with Gasteiger partial charge >= 0.3 is 0 Å². The highest BCUT2D eigenvalue weighted by molar-refractivity contribution is 6.00. The predicted molar refractivity (Wildman–Crippen MR) is 105 cm³/mol. The number of rotatable bonds is 7. The Morgan fingerprint density at radius 1 is 1.43 bits per heavy atom. The van der Waals surface area contributed by atoms with Crippen LogP contribution in [-0.4, -0.2) is 51.4 Å². The molecule has 1 amide bonds. The maximum Gasteiger partial charge on any atom is 0.272 e. The third-order valence-electron chi connectivity index (χ3n) is 4.72. The molecule has 10 heteroatoms. The third-order valence-corrected chi connectivity index (χ3v) is 4.72. The van der Waals surface area contributed by atoms with E-state index in [0.717, 1.165) is 12.0 Å². The highest BCUT2D eigenvalue weighted by atomic mass is 19.3. The van der Waals surface area contributed by atoms with Crippen LogP contribution in [0, 0.1) is 6.92 Å². The minimum atomic E-state index is -2.55. The first kappa shape index (κ1) is 20.1. The van der Waals surface area contributed by atoms with Crippen LogP contribution in [-0.2, 0) is 16.1 Å². The van der Waals surface area contributed by atoms with Gasteiger partial charge in [0.2, 0.25) is 5.88 Å². The summed E-state index contributed by atoms with van der Waals surface area (Å²) < 4.78 is 36.8. The van der Waals surface area contributed by atoms with Crippen molar-refractivity contribution in [3.63, 3.8) is 0 Å². The second kappa shape index (κ2) is 8.70. The third kappa shape index (κ3) is 4.54. The first-order chi connectivity index (χ1) is 14.5. The summed E-state index contributed by atoms with van der Waals surface area (Å²) in [6.07, 6.45) is 3.52. The molecular weight excluding hydrogens is 396 g/mol. The minimum absolute atomic E-state index is 0.188. The molecule has 30 heavy (non-hydrogen) atoms. The lowest BCUT2D eigenvalue weighted by molar-refractivity contribution is -0.124. The van der Waals surface area contributed by atoms with Gasteiger partial charge in [-0.1, -0.05) is 0 Å². The number of anilines is 1. The van der Waals surface area contributed by atoms with E-state index in [9.17, 15) is 13.6 Å². The van der Waals surface area contributed by atoms with Gasteiger partial charge in [0, 0.05) is 30.8 Å². The molecule has 1 N–H and O–H groups in total. The summed E-state index contributed by atoms with van der Waals surface area (Å²) >= 11 is 0. The molecule has 0 unspecified atom stereocenters. The number of nitrogens with one attached hydrogen (secondary N) is 1. The summed E-state index contributed by atoms with van der Waals surface area (Å²) in [5.74, 6) is 0.414. The van der Waals surface area contributed by atoms with Crippen LogP contribution >= 0.6 is 0 Å². The van der Waals surface area contributed by atoms with Crippen LogP contribution < -0.4 is 10.1 Å². The Balaban J connectivity index is 1.50. The molecule has 1 saturated heterocycles. The molecule has 1 atom stereocenters. The molecule has 4 rings (SSSR count). The van der Waals surface area contributed by atoms with E-state index in [0.29, 0.717) is 41.9 Å². The van der Waals surface area contributed by atoms with Crippen molar-refractivity contribution in [3.05, 3.63) is 41.9 Å². The highest BCUT2D eigenvalue weighted by Crippen LogP contribution is 2.23. The van der Waals surface area contributed by atoms with Gasteiger partial charge in [-0.25, -0.2) is 18.7 Å². The Bertz CT molecular complexity index is 1050. The lowest BCUT2D eigenvalue weighted by Gasteiger charge is -2.10. The summed E-state index contributed by atoms with van der Waals surface area (Å²) in [7, 11) is 0. The number of amides is 1. The van der Waals surface area contributed by atoms with Crippen molar-refractivity contribution in [2.45, 2.75) is 38.8 Å². The Kier molecular flexibility index (Phi) is 5.84. The summed E-state index contributed by atoms with van der Waals surface area (Å²) in [5.41, 5.74) is 2.19. The summed E-state index contributed by atoms with van der Waals surface area (Å²) in [6.45, 7) is 2.06.